The van der Waals surface area contributed by atoms with Crippen molar-refractivity contribution >= 4 is 5.97 Å². The Morgan fingerprint density at radius 1 is 1.50 bits per heavy atom. The topological polar surface area (TPSA) is 46.5 Å². The first-order chi connectivity index (χ1) is 5.77. The normalized spacial score (nSPS) is 26.8. The highest BCUT2D eigenvalue weighted by atomic mass is 16.5. The van der Waals surface area contributed by atoms with Gasteiger partial charge in [0.05, 0.1) is 7.11 Å². The van der Waals surface area contributed by atoms with Crippen LogP contribution in [0.5, 0.6) is 0 Å². The van der Waals surface area contributed by atoms with Crippen molar-refractivity contribution in [3.8, 4) is 0 Å². The fourth-order valence-corrected chi connectivity index (χ4v) is 1.59. The summed E-state index contributed by atoms with van der Waals surface area (Å²) >= 11 is 0. The lowest BCUT2D eigenvalue weighted by atomic mass is 10.1. The third kappa shape index (κ3) is 2.81. The number of carbonyl (C=O) groups excluding carboxylic acids is 1. The first kappa shape index (κ1) is 9.52. The molecule has 0 unspecified atom stereocenters. The number of methoxy groups -OCH3 is 1. The molecule has 0 radical (unpaired) electrons. The molecule has 1 rings (SSSR count). The van der Waals surface area contributed by atoms with Crippen LogP contribution in [0.1, 0.15) is 25.7 Å². The molecule has 0 saturated heterocycles. The lowest BCUT2D eigenvalue weighted by molar-refractivity contribution is -0.140. The van der Waals surface area contributed by atoms with Crippen LogP contribution in [0.4, 0.5) is 0 Å². The molecule has 2 atom stereocenters. The highest BCUT2D eigenvalue weighted by Crippen LogP contribution is 2.44. The molecule has 0 aromatic carbocycles. The molecular formula is C9H16O3. The number of aliphatic hydroxyl groups is 1. The minimum Gasteiger partial charge on any atom is -0.469 e. The molecule has 0 amide bonds. The van der Waals surface area contributed by atoms with Crippen molar-refractivity contribution < 1.29 is 14.6 Å². The summed E-state index contributed by atoms with van der Waals surface area (Å²) in [5, 5.41) is 8.63. The smallest absolute Gasteiger partial charge is 0.305 e. The molecule has 70 valence electrons. The fourth-order valence-electron chi connectivity index (χ4n) is 1.59. The number of carbonyl (C=O) groups is 1. The monoisotopic (exact) mass is 172 g/mol. The van der Waals surface area contributed by atoms with Crippen molar-refractivity contribution in [2.75, 3.05) is 13.7 Å². The quantitative estimate of drug-likeness (QED) is 0.628. The van der Waals surface area contributed by atoms with E-state index in [-0.39, 0.29) is 12.6 Å². The predicted molar refractivity (Wildman–Crippen MR) is 44.5 cm³/mol. The van der Waals surface area contributed by atoms with Gasteiger partial charge >= 0.3 is 5.97 Å². The van der Waals surface area contributed by atoms with Gasteiger partial charge in [0.25, 0.3) is 0 Å². The summed E-state index contributed by atoms with van der Waals surface area (Å²) in [5.41, 5.74) is 0. The highest BCUT2D eigenvalue weighted by molar-refractivity contribution is 5.69. The first-order valence-corrected chi connectivity index (χ1v) is 4.45. The van der Waals surface area contributed by atoms with Crippen LogP contribution in [-0.4, -0.2) is 24.8 Å². The SMILES string of the molecule is COC(=O)CC[C@@H]1C[C@@H]1CCO. The first-order valence-electron chi connectivity index (χ1n) is 4.45. The van der Waals surface area contributed by atoms with E-state index in [4.69, 9.17) is 5.11 Å². The number of esters is 1. The molecule has 0 aliphatic heterocycles. The van der Waals surface area contributed by atoms with Gasteiger partial charge in [-0.2, -0.15) is 0 Å². The van der Waals surface area contributed by atoms with Crippen LogP contribution in [0, 0.1) is 11.8 Å². The zero-order valence-electron chi connectivity index (χ0n) is 7.45. The Hall–Kier alpha value is -0.570. The van der Waals surface area contributed by atoms with Crippen LogP contribution in [0.3, 0.4) is 0 Å². The number of hydrogen-bond acceptors (Lipinski definition) is 3. The molecule has 0 aromatic heterocycles. The standard InChI is InChI=1S/C9H16O3/c1-12-9(11)3-2-7-6-8(7)4-5-10/h7-8,10H,2-6H2,1H3/t7-,8+/m1/s1. The van der Waals surface area contributed by atoms with Gasteiger partial charge in [-0.05, 0) is 31.1 Å². The Bertz CT molecular complexity index is 156. The van der Waals surface area contributed by atoms with Gasteiger partial charge in [-0.3, -0.25) is 4.79 Å². The van der Waals surface area contributed by atoms with Crippen LogP contribution < -0.4 is 0 Å². The average Bonchev–Trinajstić information content (AvgIpc) is 2.80. The maximum Gasteiger partial charge on any atom is 0.305 e. The molecule has 1 N–H and O–H groups in total. The Kier molecular flexibility index (Phi) is 3.53. The lowest BCUT2D eigenvalue weighted by Gasteiger charge is -1.97. The van der Waals surface area contributed by atoms with Gasteiger partial charge in [-0.25, -0.2) is 0 Å². The van der Waals surface area contributed by atoms with Gasteiger partial charge in [-0.1, -0.05) is 0 Å². The second-order valence-electron chi connectivity index (χ2n) is 3.38. The second-order valence-corrected chi connectivity index (χ2v) is 3.38. The number of aliphatic hydroxyl groups excluding tert-OH is 1. The Balaban J connectivity index is 2.00. The molecule has 0 bridgehead atoms. The van der Waals surface area contributed by atoms with Gasteiger partial charge in [0.15, 0.2) is 0 Å². The van der Waals surface area contributed by atoms with Crippen LogP contribution in [0.25, 0.3) is 0 Å². The highest BCUT2D eigenvalue weighted by Gasteiger charge is 2.35. The molecule has 1 aliphatic carbocycles. The predicted octanol–water partition coefficient (Wildman–Crippen LogP) is 0.958. The van der Waals surface area contributed by atoms with Gasteiger partial charge in [-0.15, -0.1) is 0 Å². The number of ether oxygens (including phenoxy) is 1. The van der Waals surface area contributed by atoms with E-state index in [2.05, 4.69) is 4.74 Å². The molecule has 3 heteroatoms. The van der Waals surface area contributed by atoms with Gasteiger partial charge in [0.2, 0.25) is 0 Å². The van der Waals surface area contributed by atoms with Crippen molar-refractivity contribution in [2.24, 2.45) is 11.8 Å². The maximum absolute atomic E-state index is 10.7. The molecular weight excluding hydrogens is 156 g/mol. The molecule has 0 spiro atoms. The lowest BCUT2D eigenvalue weighted by Crippen LogP contribution is -2.00. The maximum atomic E-state index is 10.7. The van der Waals surface area contributed by atoms with Crippen molar-refractivity contribution in [1.82, 2.24) is 0 Å². The van der Waals surface area contributed by atoms with E-state index < -0.39 is 0 Å². The van der Waals surface area contributed by atoms with E-state index in [1.54, 1.807) is 0 Å². The van der Waals surface area contributed by atoms with Crippen molar-refractivity contribution in [1.29, 1.82) is 0 Å². The Morgan fingerprint density at radius 2 is 2.17 bits per heavy atom. The zero-order chi connectivity index (χ0) is 8.97. The summed E-state index contributed by atoms with van der Waals surface area (Å²) in [5.74, 6) is 1.21. The molecule has 12 heavy (non-hydrogen) atoms. The average molecular weight is 172 g/mol. The Morgan fingerprint density at radius 3 is 2.75 bits per heavy atom. The minimum atomic E-state index is -0.121. The minimum absolute atomic E-state index is 0.121. The number of rotatable bonds is 5. The summed E-state index contributed by atoms with van der Waals surface area (Å²) in [4.78, 5) is 10.7. The number of hydrogen-bond donors (Lipinski definition) is 1. The molecule has 1 fully saturated rings. The van der Waals surface area contributed by atoms with E-state index in [0.717, 1.165) is 12.8 Å². The molecule has 3 nitrogen and oxygen atoms in total. The van der Waals surface area contributed by atoms with E-state index >= 15 is 0 Å². The van der Waals surface area contributed by atoms with Crippen LogP contribution in [-0.2, 0) is 9.53 Å². The summed E-state index contributed by atoms with van der Waals surface area (Å²) in [7, 11) is 1.42. The third-order valence-corrected chi connectivity index (χ3v) is 2.52. The van der Waals surface area contributed by atoms with E-state index in [9.17, 15) is 4.79 Å². The molecule has 1 saturated carbocycles. The van der Waals surface area contributed by atoms with Gasteiger partial charge in [0.1, 0.15) is 0 Å². The third-order valence-electron chi connectivity index (χ3n) is 2.52. The Labute approximate surface area is 72.7 Å². The fraction of sp³-hybridized carbons (Fsp3) is 0.889. The summed E-state index contributed by atoms with van der Waals surface area (Å²) < 4.78 is 4.54. The summed E-state index contributed by atoms with van der Waals surface area (Å²) in [6, 6.07) is 0. The molecule has 1 aliphatic rings. The molecule has 0 aromatic rings. The van der Waals surface area contributed by atoms with Crippen molar-refractivity contribution in [3.63, 3.8) is 0 Å². The zero-order valence-corrected chi connectivity index (χ0v) is 7.45. The van der Waals surface area contributed by atoms with Gasteiger partial charge in [0, 0.05) is 13.0 Å². The second kappa shape index (κ2) is 4.45. The van der Waals surface area contributed by atoms with E-state index in [1.165, 1.54) is 13.5 Å². The van der Waals surface area contributed by atoms with E-state index in [0.29, 0.717) is 18.3 Å². The summed E-state index contributed by atoms with van der Waals surface area (Å²) in [6.07, 6.45) is 3.53. The van der Waals surface area contributed by atoms with Gasteiger partial charge < -0.3 is 9.84 Å². The molecule has 0 heterocycles. The van der Waals surface area contributed by atoms with Crippen LogP contribution >= 0.6 is 0 Å². The summed E-state index contributed by atoms with van der Waals surface area (Å²) in [6.45, 7) is 0.277. The van der Waals surface area contributed by atoms with E-state index in [1.807, 2.05) is 0 Å². The van der Waals surface area contributed by atoms with Crippen LogP contribution in [0.15, 0.2) is 0 Å². The largest absolute Gasteiger partial charge is 0.469 e. The van der Waals surface area contributed by atoms with Crippen molar-refractivity contribution in [2.45, 2.75) is 25.7 Å². The van der Waals surface area contributed by atoms with Crippen LogP contribution in [0.2, 0.25) is 0 Å². The van der Waals surface area contributed by atoms with Crippen molar-refractivity contribution in [3.05, 3.63) is 0 Å².